The van der Waals surface area contributed by atoms with Crippen molar-refractivity contribution in [3.05, 3.63) is 125 Å². The van der Waals surface area contributed by atoms with Crippen molar-refractivity contribution in [3.8, 4) is 0 Å². The zero-order valence-electron chi connectivity index (χ0n) is 19.8. The molecular weight excluding hydrogens is 450 g/mol. The van der Waals surface area contributed by atoms with Crippen LogP contribution in [0.5, 0.6) is 0 Å². The van der Waals surface area contributed by atoms with Gasteiger partial charge in [-0.3, -0.25) is 14.6 Å². The summed E-state index contributed by atoms with van der Waals surface area (Å²) in [5.74, 6) is -0.542. The molecule has 7 heteroatoms. The zero-order valence-corrected chi connectivity index (χ0v) is 19.8. The number of para-hydroxylation sites is 3. The maximum absolute atomic E-state index is 13.0. The minimum absolute atomic E-state index is 0.252. The van der Waals surface area contributed by atoms with Gasteiger partial charge in [0.25, 0.3) is 11.8 Å². The fraction of sp³-hybridized carbons (Fsp3) is 0.103. The molecule has 2 aromatic heterocycles. The minimum Gasteiger partial charge on any atom is -0.348 e. The van der Waals surface area contributed by atoms with Crippen LogP contribution in [-0.4, -0.2) is 26.3 Å². The van der Waals surface area contributed by atoms with Crippen molar-refractivity contribution in [1.29, 1.82) is 0 Å². The number of carbonyl (C=O) groups excluding carboxylic acids is 2. The average molecular weight is 476 g/mol. The predicted octanol–water partition coefficient (Wildman–Crippen LogP) is 4.97. The molecule has 2 N–H and O–H groups in total. The topological polar surface area (TPSA) is 88.9 Å². The summed E-state index contributed by atoms with van der Waals surface area (Å²) in [5, 5.41) is 5.85. The molecular formula is C29H25N5O2. The third-order valence-corrected chi connectivity index (χ3v) is 6.05. The van der Waals surface area contributed by atoms with Gasteiger partial charge in [0, 0.05) is 31.0 Å². The maximum atomic E-state index is 13.0. The molecule has 0 spiro atoms. The van der Waals surface area contributed by atoms with Gasteiger partial charge in [0.05, 0.1) is 28.6 Å². The van der Waals surface area contributed by atoms with E-state index >= 15 is 0 Å². The van der Waals surface area contributed by atoms with Crippen LogP contribution in [0.15, 0.2) is 97.6 Å². The summed E-state index contributed by atoms with van der Waals surface area (Å²) in [5.41, 5.74) is 6.40. The quantitative estimate of drug-likeness (QED) is 0.348. The number of fused-ring (bicyclic) bond motifs is 1. The lowest BCUT2D eigenvalue weighted by Crippen LogP contribution is -2.25. The summed E-state index contributed by atoms with van der Waals surface area (Å²) < 4.78 is 2.12. The fourth-order valence-corrected chi connectivity index (χ4v) is 4.08. The van der Waals surface area contributed by atoms with Crippen LogP contribution in [0.1, 0.15) is 37.4 Å². The van der Waals surface area contributed by atoms with E-state index in [1.54, 1.807) is 36.7 Å². The first-order valence-electron chi connectivity index (χ1n) is 11.7. The van der Waals surface area contributed by atoms with E-state index < -0.39 is 0 Å². The second-order valence-electron chi connectivity index (χ2n) is 8.55. The number of benzene rings is 3. The van der Waals surface area contributed by atoms with Crippen molar-refractivity contribution < 1.29 is 9.59 Å². The normalized spacial score (nSPS) is 10.8. The number of rotatable bonds is 7. The Hall–Kier alpha value is -4.78. The number of nitrogens with zero attached hydrogens (tertiary/aromatic N) is 3. The van der Waals surface area contributed by atoms with E-state index in [0.29, 0.717) is 23.4 Å². The van der Waals surface area contributed by atoms with Gasteiger partial charge in [-0.2, -0.15) is 0 Å². The van der Waals surface area contributed by atoms with E-state index in [2.05, 4.69) is 43.4 Å². The zero-order chi connectivity index (χ0) is 24.9. The molecule has 0 saturated carbocycles. The number of pyridine rings is 1. The largest absolute Gasteiger partial charge is 0.348 e. The highest BCUT2D eigenvalue weighted by Crippen LogP contribution is 2.22. The van der Waals surface area contributed by atoms with Crippen LogP contribution in [0.4, 0.5) is 5.69 Å². The highest BCUT2D eigenvalue weighted by atomic mass is 16.2. The number of carbonyl (C=O) groups is 2. The Kier molecular flexibility index (Phi) is 6.53. The molecule has 36 heavy (non-hydrogen) atoms. The molecule has 0 bridgehead atoms. The van der Waals surface area contributed by atoms with E-state index in [1.165, 1.54) is 0 Å². The van der Waals surface area contributed by atoms with Crippen LogP contribution in [-0.2, 0) is 13.1 Å². The van der Waals surface area contributed by atoms with Crippen molar-refractivity contribution in [2.75, 3.05) is 5.32 Å². The van der Waals surface area contributed by atoms with Crippen LogP contribution in [0.2, 0.25) is 0 Å². The molecule has 5 aromatic rings. The lowest BCUT2D eigenvalue weighted by molar-refractivity contribution is 0.0951. The molecule has 0 aliphatic rings. The van der Waals surface area contributed by atoms with E-state index in [1.807, 2.05) is 49.6 Å². The van der Waals surface area contributed by atoms with Gasteiger partial charge >= 0.3 is 0 Å². The Morgan fingerprint density at radius 3 is 2.39 bits per heavy atom. The van der Waals surface area contributed by atoms with E-state index in [0.717, 1.165) is 34.3 Å². The van der Waals surface area contributed by atoms with E-state index in [-0.39, 0.29) is 11.8 Å². The molecule has 178 valence electrons. The molecule has 0 fully saturated rings. The van der Waals surface area contributed by atoms with E-state index in [9.17, 15) is 9.59 Å². The Morgan fingerprint density at radius 2 is 1.58 bits per heavy atom. The Bertz CT molecular complexity index is 1520. The number of imidazole rings is 1. The summed E-state index contributed by atoms with van der Waals surface area (Å²) in [7, 11) is 0. The van der Waals surface area contributed by atoms with Gasteiger partial charge in [0.15, 0.2) is 0 Å². The first kappa shape index (κ1) is 23.0. The first-order valence-corrected chi connectivity index (χ1v) is 11.7. The molecule has 0 aliphatic carbocycles. The second kappa shape index (κ2) is 10.2. The van der Waals surface area contributed by atoms with Gasteiger partial charge in [0.1, 0.15) is 0 Å². The molecule has 0 atom stereocenters. The molecule has 2 amide bonds. The van der Waals surface area contributed by atoms with Crippen molar-refractivity contribution in [1.82, 2.24) is 19.9 Å². The molecule has 7 nitrogen and oxygen atoms in total. The van der Waals surface area contributed by atoms with Crippen molar-refractivity contribution in [3.63, 3.8) is 0 Å². The molecule has 2 heterocycles. The Labute approximate surface area is 208 Å². The SMILES string of the molecule is Cc1cccc(C(=O)NCc2ccc(Cn3cnc4ccccc43)cc2)c1NC(=O)c1ccncc1. The Morgan fingerprint density at radius 1 is 0.833 bits per heavy atom. The number of aromatic nitrogens is 3. The van der Waals surface area contributed by atoms with E-state index in [4.69, 9.17) is 0 Å². The smallest absolute Gasteiger partial charge is 0.255 e. The van der Waals surface area contributed by atoms with Gasteiger partial charge in [-0.1, -0.05) is 48.5 Å². The van der Waals surface area contributed by atoms with Crippen LogP contribution in [0.3, 0.4) is 0 Å². The predicted molar refractivity (Wildman–Crippen MR) is 140 cm³/mol. The van der Waals surface area contributed by atoms with Gasteiger partial charge < -0.3 is 15.2 Å². The molecule has 5 rings (SSSR count). The monoisotopic (exact) mass is 475 g/mol. The number of nitrogens with one attached hydrogen (secondary N) is 2. The van der Waals surface area contributed by atoms with Crippen LogP contribution < -0.4 is 10.6 Å². The summed E-state index contributed by atoms with van der Waals surface area (Å²) in [6.45, 7) is 2.96. The number of hydrogen-bond donors (Lipinski definition) is 2. The van der Waals surface area contributed by atoms with Gasteiger partial charge in [-0.15, -0.1) is 0 Å². The Balaban J connectivity index is 1.24. The standard InChI is InChI=1S/C29H25N5O2/c1-20-5-4-6-24(27(20)33-28(35)23-13-15-30-16-14-23)29(36)31-17-21-9-11-22(12-10-21)18-34-19-32-25-7-2-3-8-26(25)34/h2-16,19H,17-18H2,1H3,(H,31,36)(H,33,35). The molecule has 0 saturated heterocycles. The highest BCUT2D eigenvalue weighted by Gasteiger charge is 2.16. The summed E-state index contributed by atoms with van der Waals surface area (Å²) in [6.07, 6.45) is 4.97. The molecule has 0 radical (unpaired) electrons. The van der Waals surface area contributed by atoms with Crippen LogP contribution >= 0.6 is 0 Å². The van der Waals surface area contributed by atoms with Gasteiger partial charge in [-0.25, -0.2) is 4.98 Å². The number of amides is 2. The first-order chi connectivity index (χ1) is 17.6. The number of anilines is 1. The van der Waals surface area contributed by atoms with Crippen molar-refractivity contribution >= 4 is 28.5 Å². The second-order valence-corrected chi connectivity index (χ2v) is 8.55. The highest BCUT2D eigenvalue weighted by molar-refractivity contribution is 6.09. The van der Waals surface area contributed by atoms with Crippen LogP contribution in [0, 0.1) is 6.92 Å². The van der Waals surface area contributed by atoms with Gasteiger partial charge in [0.2, 0.25) is 0 Å². The average Bonchev–Trinajstić information content (AvgIpc) is 3.32. The molecule has 3 aromatic carbocycles. The van der Waals surface area contributed by atoms with Gasteiger partial charge in [-0.05, 0) is 53.9 Å². The summed E-state index contributed by atoms with van der Waals surface area (Å²) in [4.78, 5) is 34.1. The summed E-state index contributed by atoms with van der Waals surface area (Å²) >= 11 is 0. The third-order valence-electron chi connectivity index (χ3n) is 6.05. The minimum atomic E-state index is -0.290. The lowest BCUT2D eigenvalue weighted by atomic mass is 10.1. The molecule has 0 aliphatic heterocycles. The molecule has 0 unspecified atom stereocenters. The third kappa shape index (κ3) is 5.00. The van der Waals surface area contributed by atoms with Crippen molar-refractivity contribution in [2.45, 2.75) is 20.0 Å². The van der Waals surface area contributed by atoms with Crippen LogP contribution in [0.25, 0.3) is 11.0 Å². The fourth-order valence-electron chi connectivity index (χ4n) is 4.08. The summed E-state index contributed by atoms with van der Waals surface area (Å²) in [6, 6.07) is 24.8. The maximum Gasteiger partial charge on any atom is 0.255 e. The number of hydrogen-bond acceptors (Lipinski definition) is 4. The van der Waals surface area contributed by atoms with Crippen molar-refractivity contribution in [2.24, 2.45) is 0 Å². The lowest BCUT2D eigenvalue weighted by Gasteiger charge is -2.14. The number of aryl methyl sites for hydroxylation is 1.